The van der Waals surface area contributed by atoms with Crippen LogP contribution in [0.5, 0.6) is 5.75 Å². The van der Waals surface area contributed by atoms with Crippen molar-refractivity contribution in [3.8, 4) is 5.75 Å². The van der Waals surface area contributed by atoms with Gasteiger partial charge < -0.3 is 14.6 Å². The van der Waals surface area contributed by atoms with Crippen LogP contribution in [0, 0.1) is 6.92 Å². The molecule has 2 heterocycles. The van der Waals surface area contributed by atoms with Gasteiger partial charge in [0.05, 0.1) is 18.1 Å². The smallest absolute Gasteiger partial charge is 0.269 e. The highest BCUT2D eigenvalue weighted by Crippen LogP contribution is 2.32. The van der Waals surface area contributed by atoms with Crippen LogP contribution in [-0.4, -0.2) is 29.5 Å². The van der Waals surface area contributed by atoms with Crippen molar-refractivity contribution >= 4 is 22.6 Å². The number of amides is 1. The van der Waals surface area contributed by atoms with Crippen molar-refractivity contribution in [3.63, 3.8) is 0 Å². The van der Waals surface area contributed by atoms with Gasteiger partial charge in [-0.3, -0.25) is 9.59 Å². The summed E-state index contributed by atoms with van der Waals surface area (Å²) in [7, 11) is 1.52. The van der Waals surface area contributed by atoms with Crippen molar-refractivity contribution in [1.29, 1.82) is 0 Å². The Balaban J connectivity index is 1.93. The number of aromatic nitrogens is 2. The van der Waals surface area contributed by atoms with Gasteiger partial charge in [-0.15, -0.1) is 0 Å². The Hall–Kier alpha value is -3.15. The van der Waals surface area contributed by atoms with Gasteiger partial charge in [-0.2, -0.15) is 0 Å². The van der Waals surface area contributed by atoms with Crippen molar-refractivity contribution in [2.45, 2.75) is 19.8 Å². The summed E-state index contributed by atoms with van der Waals surface area (Å²) in [5, 5.41) is 0. The molecule has 0 spiro atoms. The van der Waals surface area contributed by atoms with E-state index in [9.17, 15) is 9.59 Å². The maximum atomic E-state index is 13.4. The quantitative estimate of drug-likeness (QED) is 0.772. The summed E-state index contributed by atoms with van der Waals surface area (Å²) in [4.78, 5) is 34.4. The van der Waals surface area contributed by atoms with E-state index in [4.69, 9.17) is 4.74 Å². The zero-order valence-electron chi connectivity index (χ0n) is 14.7. The summed E-state index contributed by atoms with van der Waals surface area (Å²) in [5.41, 5.74) is 3.43. The van der Waals surface area contributed by atoms with Crippen LogP contribution in [0.3, 0.4) is 0 Å². The van der Waals surface area contributed by atoms with Crippen molar-refractivity contribution in [3.05, 3.63) is 63.6 Å². The number of anilines is 1. The molecule has 26 heavy (non-hydrogen) atoms. The molecule has 0 unspecified atom stereocenters. The molecule has 1 amide bonds. The Bertz CT molecular complexity index is 1070. The van der Waals surface area contributed by atoms with Crippen LogP contribution in [0.15, 0.2) is 41.2 Å². The van der Waals surface area contributed by atoms with Gasteiger partial charge in [0.15, 0.2) is 0 Å². The number of aromatic amines is 1. The zero-order chi connectivity index (χ0) is 18.3. The minimum Gasteiger partial charge on any atom is -0.496 e. The van der Waals surface area contributed by atoms with E-state index in [1.165, 1.54) is 7.11 Å². The van der Waals surface area contributed by atoms with Crippen molar-refractivity contribution in [2.24, 2.45) is 0 Å². The number of benzene rings is 2. The van der Waals surface area contributed by atoms with Crippen LogP contribution >= 0.6 is 0 Å². The molecule has 0 aliphatic carbocycles. The average molecular weight is 349 g/mol. The Kier molecular flexibility index (Phi) is 3.95. The molecule has 2 aromatic carbocycles. The van der Waals surface area contributed by atoms with Crippen molar-refractivity contribution in [2.75, 3.05) is 18.6 Å². The Labute approximate surface area is 150 Å². The maximum Gasteiger partial charge on any atom is 0.269 e. The number of nitrogens with zero attached hydrogens (tertiary/aromatic N) is 2. The molecule has 1 N–H and O–H groups in total. The number of aryl methyl sites for hydroxylation is 2. The second-order valence-corrected chi connectivity index (χ2v) is 6.38. The number of para-hydroxylation sites is 1. The highest BCUT2D eigenvalue weighted by Gasteiger charge is 2.27. The molecule has 4 rings (SSSR count). The first-order chi connectivity index (χ1) is 12.6. The van der Waals surface area contributed by atoms with E-state index in [0.29, 0.717) is 34.6 Å². The first-order valence-corrected chi connectivity index (χ1v) is 8.57. The molecule has 0 atom stereocenters. The fourth-order valence-corrected chi connectivity index (χ4v) is 3.49. The number of ether oxygens (including phenoxy) is 1. The predicted molar refractivity (Wildman–Crippen MR) is 100 cm³/mol. The highest BCUT2D eigenvalue weighted by molar-refractivity contribution is 6.15. The van der Waals surface area contributed by atoms with Crippen LogP contribution in [0.25, 0.3) is 11.0 Å². The average Bonchev–Trinajstić information content (AvgIpc) is 2.67. The third-order valence-corrected chi connectivity index (χ3v) is 4.79. The van der Waals surface area contributed by atoms with Gasteiger partial charge in [0.25, 0.3) is 11.5 Å². The first kappa shape index (κ1) is 16.3. The molecular weight excluding hydrogens is 330 g/mol. The molecule has 0 radical (unpaired) electrons. The third-order valence-electron chi connectivity index (χ3n) is 4.79. The van der Waals surface area contributed by atoms with E-state index in [1.54, 1.807) is 24.0 Å². The molecule has 3 aromatic rings. The van der Waals surface area contributed by atoms with Crippen molar-refractivity contribution < 1.29 is 9.53 Å². The second-order valence-electron chi connectivity index (χ2n) is 6.38. The molecule has 0 bridgehead atoms. The number of nitrogens with one attached hydrogen (secondary N) is 1. The number of carbonyl (C=O) groups is 1. The van der Waals surface area contributed by atoms with Crippen LogP contribution in [0.1, 0.15) is 28.0 Å². The summed E-state index contributed by atoms with van der Waals surface area (Å²) in [5.74, 6) is 0.229. The fourth-order valence-electron chi connectivity index (χ4n) is 3.49. The maximum absolute atomic E-state index is 13.4. The minimum atomic E-state index is -0.307. The van der Waals surface area contributed by atoms with Gasteiger partial charge in [0, 0.05) is 12.2 Å². The molecule has 0 saturated heterocycles. The van der Waals surface area contributed by atoms with Crippen LogP contribution in [0.4, 0.5) is 5.69 Å². The standard InChI is InChI=1S/C20H19N3O3/c1-12-19(24)22-18-14(21-12)9-10-16(26-2)17(18)20(25)23-11-5-7-13-6-3-4-8-15(13)23/h3-4,6,8-10H,5,7,11H2,1-2H3,(H,22,24). The van der Waals surface area contributed by atoms with E-state index < -0.39 is 0 Å². The van der Waals surface area contributed by atoms with Gasteiger partial charge >= 0.3 is 0 Å². The van der Waals surface area contributed by atoms with Gasteiger partial charge in [0.2, 0.25) is 0 Å². The first-order valence-electron chi connectivity index (χ1n) is 8.57. The topological polar surface area (TPSA) is 75.3 Å². The molecule has 1 aliphatic heterocycles. The highest BCUT2D eigenvalue weighted by atomic mass is 16.5. The molecule has 1 aromatic heterocycles. The van der Waals surface area contributed by atoms with Crippen LogP contribution in [0.2, 0.25) is 0 Å². The molecule has 6 heteroatoms. The molecule has 0 saturated carbocycles. The largest absolute Gasteiger partial charge is 0.496 e. The molecule has 1 aliphatic rings. The monoisotopic (exact) mass is 349 g/mol. The summed E-state index contributed by atoms with van der Waals surface area (Å²) in [6.45, 7) is 2.27. The molecular formula is C20H19N3O3. The van der Waals surface area contributed by atoms with Gasteiger partial charge in [-0.25, -0.2) is 4.98 Å². The lowest BCUT2D eigenvalue weighted by Crippen LogP contribution is -2.36. The number of methoxy groups -OCH3 is 1. The number of hydrogen-bond donors (Lipinski definition) is 1. The van der Waals surface area contributed by atoms with E-state index in [-0.39, 0.29) is 11.5 Å². The zero-order valence-corrected chi connectivity index (χ0v) is 14.7. The van der Waals surface area contributed by atoms with Crippen LogP contribution in [-0.2, 0) is 6.42 Å². The van der Waals surface area contributed by atoms with Gasteiger partial charge in [0.1, 0.15) is 17.0 Å². The number of H-pyrrole nitrogens is 1. The normalized spacial score (nSPS) is 13.5. The Morgan fingerprint density at radius 3 is 2.85 bits per heavy atom. The van der Waals surface area contributed by atoms with E-state index in [0.717, 1.165) is 24.1 Å². The van der Waals surface area contributed by atoms with Crippen LogP contribution < -0.4 is 15.2 Å². The van der Waals surface area contributed by atoms with Gasteiger partial charge in [-0.05, 0) is 43.5 Å². The molecule has 132 valence electrons. The Morgan fingerprint density at radius 1 is 1.23 bits per heavy atom. The number of hydrogen-bond acceptors (Lipinski definition) is 4. The Morgan fingerprint density at radius 2 is 2.04 bits per heavy atom. The lowest BCUT2D eigenvalue weighted by molar-refractivity contribution is 0.0983. The fraction of sp³-hybridized carbons (Fsp3) is 0.250. The number of fused-ring (bicyclic) bond motifs is 2. The summed E-state index contributed by atoms with van der Waals surface area (Å²) >= 11 is 0. The number of rotatable bonds is 2. The lowest BCUT2D eigenvalue weighted by Gasteiger charge is -2.30. The SMILES string of the molecule is COc1ccc2nc(C)c(=O)[nH]c2c1C(=O)N1CCCc2ccccc21. The van der Waals surface area contributed by atoms with Gasteiger partial charge in [-0.1, -0.05) is 18.2 Å². The summed E-state index contributed by atoms with van der Waals surface area (Å²) in [6.07, 6.45) is 1.84. The summed E-state index contributed by atoms with van der Waals surface area (Å²) < 4.78 is 5.43. The number of carbonyl (C=O) groups excluding carboxylic acids is 1. The third kappa shape index (κ3) is 2.54. The molecule has 0 fully saturated rings. The summed E-state index contributed by atoms with van der Waals surface area (Å²) in [6, 6.07) is 11.4. The van der Waals surface area contributed by atoms with Crippen molar-refractivity contribution in [1.82, 2.24) is 9.97 Å². The minimum absolute atomic E-state index is 0.194. The lowest BCUT2D eigenvalue weighted by atomic mass is 10.00. The predicted octanol–water partition coefficient (Wildman–Crippen LogP) is 2.83. The van der Waals surface area contributed by atoms with E-state index >= 15 is 0 Å². The van der Waals surface area contributed by atoms with E-state index in [1.807, 2.05) is 24.3 Å². The van der Waals surface area contributed by atoms with E-state index in [2.05, 4.69) is 9.97 Å². The second kappa shape index (κ2) is 6.29. The molecule has 6 nitrogen and oxygen atoms in total.